The molecule has 1 aromatic heterocycles. The number of ether oxygens (including phenoxy) is 1. The van der Waals surface area contributed by atoms with Crippen molar-refractivity contribution >= 4 is 21.0 Å². The van der Waals surface area contributed by atoms with Crippen molar-refractivity contribution in [3.8, 4) is 5.75 Å². The van der Waals surface area contributed by atoms with Crippen LogP contribution in [0.15, 0.2) is 51.9 Å². The number of hydrogen-bond donors (Lipinski definition) is 1. The Balaban J connectivity index is 1.24. The number of rotatable bonds is 9. The van der Waals surface area contributed by atoms with Crippen molar-refractivity contribution < 1.29 is 22.1 Å². The van der Waals surface area contributed by atoms with E-state index in [0.717, 1.165) is 50.0 Å². The molecule has 0 saturated carbocycles. The third-order valence-corrected chi connectivity index (χ3v) is 7.10. The fourth-order valence-corrected chi connectivity index (χ4v) is 5.13. The molecule has 1 aliphatic heterocycles. The fourth-order valence-electron chi connectivity index (χ4n) is 3.98. The van der Waals surface area contributed by atoms with Crippen molar-refractivity contribution in [3.05, 3.63) is 54.0 Å². The second kappa shape index (κ2) is 9.33. The highest BCUT2D eigenvalue weighted by Crippen LogP contribution is 2.22. The van der Waals surface area contributed by atoms with Gasteiger partial charge in [0.2, 0.25) is 10.0 Å². The number of aryl methyl sites for hydroxylation is 1. The lowest BCUT2D eigenvalue weighted by Crippen LogP contribution is -2.31. The Morgan fingerprint density at radius 2 is 2.16 bits per heavy atom. The Morgan fingerprint density at radius 1 is 1.29 bits per heavy atom. The van der Waals surface area contributed by atoms with Gasteiger partial charge in [-0.3, -0.25) is 0 Å². The molecule has 1 saturated heterocycles. The molecule has 1 N–H and O–H groups in total. The van der Waals surface area contributed by atoms with Gasteiger partial charge >= 0.3 is 0 Å². The summed E-state index contributed by atoms with van der Waals surface area (Å²) in [5.41, 5.74) is 1.32. The molecule has 1 fully saturated rings. The van der Waals surface area contributed by atoms with Crippen molar-refractivity contribution in [2.75, 3.05) is 33.3 Å². The first kappa shape index (κ1) is 21.7. The summed E-state index contributed by atoms with van der Waals surface area (Å²) < 4.78 is 51.4. The van der Waals surface area contributed by atoms with Crippen LogP contribution in [0.3, 0.4) is 0 Å². The molecule has 1 aliphatic rings. The summed E-state index contributed by atoms with van der Waals surface area (Å²) in [6.45, 7) is 3.10. The summed E-state index contributed by atoms with van der Waals surface area (Å²) >= 11 is 0. The zero-order valence-electron chi connectivity index (χ0n) is 17.4. The van der Waals surface area contributed by atoms with Gasteiger partial charge in [0, 0.05) is 30.6 Å². The van der Waals surface area contributed by atoms with Gasteiger partial charge in [0.15, 0.2) is 5.58 Å². The van der Waals surface area contributed by atoms with E-state index in [4.69, 9.17) is 9.26 Å². The number of likely N-dealkylation sites (tertiary alicyclic amines) is 1. The summed E-state index contributed by atoms with van der Waals surface area (Å²) in [6.07, 6.45) is 2.61. The minimum Gasteiger partial charge on any atom is -0.497 e. The molecule has 166 valence electrons. The second-order valence-corrected chi connectivity index (χ2v) is 9.63. The van der Waals surface area contributed by atoms with Crippen LogP contribution in [0.5, 0.6) is 5.75 Å². The third kappa shape index (κ3) is 5.23. The Labute approximate surface area is 181 Å². The van der Waals surface area contributed by atoms with Crippen LogP contribution in [0.2, 0.25) is 0 Å². The second-order valence-electron chi connectivity index (χ2n) is 7.86. The van der Waals surface area contributed by atoms with Gasteiger partial charge in [0.1, 0.15) is 11.6 Å². The normalized spacial score (nSPS) is 17.4. The Hall–Kier alpha value is -2.49. The predicted octanol–water partition coefficient (Wildman–Crippen LogP) is 3.21. The maximum Gasteiger partial charge on any atom is 0.240 e. The molecule has 3 aromatic rings. The highest BCUT2D eigenvalue weighted by Gasteiger charge is 2.24. The van der Waals surface area contributed by atoms with E-state index >= 15 is 0 Å². The molecule has 9 heteroatoms. The van der Waals surface area contributed by atoms with Crippen LogP contribution in [0, 0.1) is 11.7 Å². The van der Waals surface area contributed by atoms with Crippen LogP contribution in [-0.4, -0.2) is 51.8 Å². The number of benzene rings is 2. The maximum absolute atomic E-state index is 13.3. The molecule has 2 heterocycles. The van der Waals surface area contributed by atoms with Crippen molar-refractivity contribution in [1.29, 1.82) is 0 Å². The number of methoxy groups -OCH3 is 1. The first-order valence-corrected chi connectivity index (χ1v) is 11.8. The molecule has 31 heavy (non-hydrogen) atoms. The van der Waals surface area contributed by atoms with Gasteiger partial charge in [-0.1, -0.05) is 11.2 Å². The molecular weight excluding hydrogens is 421 g/mol. The van der Waals surface area contributed by atoms with Crippen LogP contribution in [0.25, 0.3) is 11.0 Å². The number of aromatic nitrogens is 1. The lowest BCUT2D eigenvalue weighted by molar-refractivity contribution is 0.318. The molecule has 2 aromatic carbocycles. The Bertz CT molecular complexity index is 1150. The number of nitrogens with one attached hydrogen (secondary N) is 1. The van der Waals surface area contributed by atoms with Gasteiger partial charge in [-0.2, -0.15) is 0 Å². The maximum atomic E-state index is 13.3. The minimum atomic E-state index is -3.56. The summed E-state index contributed by atoms with van der Waals surface area (Å²) in [5.74, 6) is 0.455. The van der Waals surface area contributed by atoms with Gasteiger partial charge in [-0.15, -0.1) is 0 Å². The molecule has 0 aliphatic carbocycles. The van der Waals surface area contributed by atoms with E-state index in [1.165, 1.54) is 25.3 Å². The molecule has 0 spiro atoms. The van der Waals surface area contributed by atoms with Crippen LogP contribution >= 0.6 is 0 Å². The number of fused-ring (bicyclic) bond motifs is 1. The summed E-state index contributed by atoms with van der Waals surface area (Å²) in [6, 6.07) is 10.9. The monoisotopic (exact) mass is 447 g/mol. The molecule has 1 unspecified atom stereocenters. The molecule has 4 rings (SSSR count). The fraction of sp³-hybridized carbons (Fsp3) is 0.409. The zero-order chi connectivity index (χ0) is 21.8. The lowest BCUT2D eigenvalue weighted by Gasteiger charge is -2.16. The first-order valence-electron chi connectivity index (χ1n) is 10.3. The van der Waals surface area contributed by atoms with Gasteiger partial charge in [-0.05, 0) is 62.5 Å². The average molecular weight is 448 g/mol. The topological polar surface area (TPSA) is 84.7 Å². The van der Waals surface area contributed by atoms with Crippen molar-refractivity contribution in [2.24, 2.45) is 5.92 Å². The molecule has 0 amide bonds. The van der Waals surface area contributed by atoms with Gasteiger partial charge in [0.25, 0.3) is 0 Å². The summed E-state index contributed by atoms with van der Waals surface area (Å²) in [7, 11) is -2.05. The van der Waals surface area contributed by atoms with Crippen LogP contribution in [0.1, 0.15) is 18.5 Å². The molecule has 7 nitrogen and oxygen atoms in total. The first-order chi connectivity index (χ1) is 14.9. The number of hydrogen-bond acceptors (Lipinski definition) is 6. The highest BCUT2D eigenvalue weighted by atomic mass is 32.2. The van der Waals surface area contributed by atoms with E-state index in [-0.39, 0.29) is 16.6 Å². The Morgan fingerprint density at radius 3 is 3.00 bits per heavy atom. The van der Waals surface area contributed by atoms with Crippen molar-refractivity contribution in [1.82, 2.24) is 14.8 Å². The number of nitrogens with zero attached hydrogens (tertiary/aromatic N) is 2. The largest absolute Gasteiger partial charge is 0.497 e. The van der Waals surface area contributed by atoms with E-state index in [9.17, 15) is 12.8 Å². The van der Waals surface area contributed by atoms with Crippen molar-refractivity contribution in [3.63, 3.8) is 0 Å². The summed E-state index contributed by atoms with van der Waals surface area (Å²) in [5, 5.41) is 4.92. The van der Waals surface area contributed by atoms with Crippen molar-refractivity contribution in [2.45, 2.75) is 24.2 Å². The van der Waals surface area contributed by atoms with Crippen LogP contribution in [0.4, 0.5) is 4.39 Å². The lowest BCUT2D eigenvalue weighted by atomic mass is 10.1. The van der Waals surface area contributed by atoms with E-state index in [1.54, 1.807) is 24.3 Å². The zero-order valence-corrected chi connectivity index (χ0v) is 18.2. The highest BCUT2D eigenvalue weighted by molar-refractivity contribution is 7.89. The average Bonchev–Trinajstić information content (AvgIpc) is 3.39. The Kier molecular flexibility index (Phi) is 6.54. The van der Waals surface area contributed by atoms with Gasteiger partial charge < -0.3 is 14.2 Å². The summed E-state index contributed by atoms with van der Waals surface area (Å²) in [4.78, 5) is 2.55. The van der Waals surface area contributed by atoms with Gasteiger partial charge in [-0.25, -0.2) is 17.5 Å². The predicted molar refractivity (Wildman–Crippen MR) is 115 cm³/mol. The standard InChI is InChI=1S/C22H26FN3O4S/c1-29-18-4-2-5-19(13-18)31(27,28)24-14-16-9-11-26(15-16)10-3-6-21-20-8-7-17(23)12-22(20)30-25-21/h2,4-5,7-8,12-13,16,24H,3,6,9-11,14-15H2,1H3. The van der Waals surface area contributed by atoms with Gasteiger partial charge in [0.05, 0.1) is 17.7 Å². The third-order valence-electron chi connectivity index (χ3n) is 5.68. The molecular formula is C22H26FN3O4S. The van der Waals surface area contributed by atoms with Crippen LogP contribution in [-0.2, 0) is 16.4 Å². The number of halogens is 1. The quantitative estimate of drug-likeness (QED) is 0.542. The van der Waals surface area contributed by atoms with E-state index in [2.05, 4.69) is 14.8 Å². The SMILES string of the molecule is COc1cccc(S(=O)(=O)NCC2CCN(CCCc3noc4cc(F)ccc34)C2)c1. The number of sulfonamides is 1. The van der Waals surface area contributed by atoms with E-state index in [0.29, 0.717) is 17.9 Å². The molecule has 0 bridgehead atoms. The minimum absolute atomic E-state index is 0.210. The van der Waals surface area contributed by atoms with Crippen LogP contribution < -0.4 is 9.46 Å². The van der Waals surface area contributed by atoms with E-state index in [1.807, 2.05) is 0 Å². The molecule has 0 radical (unpaired) electrons. The smallest absolute Gasteiger partial charge is 0.240 e. The molecule has 1 atom stereocenters. The van der Waals surface area contributed by atoms with E-state index < -0.39 is 10.0 Å².